The summed E-state index contributed by atoms with van der Waals surface area (Å²) in [7, 11) is 0. The van der Waals surface area contributed by atoms with Crippen LogP contribution in [0.25, 0.3) is 22.2 Å². The van der Waals surface area contributed by atoms with Crippen LogP contribution in [0.5, 0.6) is 0 Å². The fourth-order valence-corrected chi connectivity index (χ4v) is 4.06. The smallest absolute Gasteiger partial charge is 0.269 e. The highest BCUT2D eigenvalue weighted by Gasteiger charge is 2.15. The van der Waals surface area contributed by atoms with Crippen LogP contribution in [-0.4, -0.2) is 29.1 Å². The Labute approximate surface area is 190 Å². The van der Waals surface area contributed by atoms with Gasteiger partial charge in [0.1, 0.15) is 4.88 Å². The van der Waals surface area contributed by atoms with Crippen LogP contribution in [0.1, 0.15) is 38.2 Å². The van der Waals surface area contributed by atoms with Gasteiger partial charge in [0.25, 0.3) is 5.89 Å². The average molecular weight is 467 g/mol. The van der Waals surface area contributed by atoms with E-state index in [1.807, 2.05) is 23.6 Å². The van der Waals surface area contributed by atoms with E-state index in [-0.39, 0.29) is 5.91 Å². The van der Waals surface area contributed by atoms with Crippen molar-refractivity contribution in [2.45, 2.75) is 39.2 Å². The first-order chi connectivity index (χ1) is 14.6. The Hall–Kier alpha value is -1.93. The highest BCUT2D eigenvalue weighted by Crippen LogP contribution is 2.33. The molecule has 2 aromatic heterocycles. The quantitative estimate of drug-likeness (QED) is 0.361. The molecule has 0 bridgehead atoms. The fourth-order valence-electron chi connectivity index (χ4n) is 2.82. The summed E-state index contributed by atoms with van der Waals surface area (Å²) in [6.45, 7) is 4.17. The number of thiophene rings is 1. The molecular weight excluding hydrogens is 443 g/mol. The zero-order valence-electron chi connectivity index (χ0n) is 16.7. The highest BCUT2D eigenvalue weighted by atomic mass is 35.5. The van der Waals surface area contributed by atoms with Gasteiger partial charge in [0, 0.05) is 30.1 Å². The Kier molecular flexibility index (Phi) is 8.69. The predicted molar refractivity (Wildman–Crippen MR) is 122 cm³/mol. The highest BCUT2D eigenvalue weighted by molar-refractivity contribution is 7.14. The molecule has 3 aromatic rings. The lowest BCUT2D eigenvalue weighted by atomic mass is 10.1. The molecule has 3 rings (SSSR count). The Bertz CT molecular complexity index is 974. The van der Waals surface area contributed by atoms with Gasteiger partial charge in [-0.25, -0.2) is 0 Å². The maximum Gasteiger partial charge on any atom is 0.269 e. The van der Waals surface area contributed by atoms with Crippen LogP contribution >= 0.6 is 34.5 Å². The van der Waals surface area contributed by atoms with Gasteiger partial charge in [-0.05, 0) is 54.6 Å². The molecule has 1 amide bonds. The number of hydrogen-bond acceptors (Lipinski definition) is 6. The van der Waals surface area contributed by atoms with Crippen molar-refractivity contribution in [3.05, 3.63) is 45.3 Å². The summed E-state index contributed by atoms with van der Waals surface area (Å²) >= 11 is 13.9. The van der Waals surface area contributed by atoms with Crippen LogP contribution in [0.2, 0.25) is 10.0 Å². The number of rotatable bonds is 11. The molecule has 0 fully saturated rings. The second-order valence-electron chi connectivity index (χ2n) is 6.81. The molecule has 0 aliphatic rings. The molecule has 0 atom stereocenters. The van der Waals surface area contributed by atoms with Gasteiger partial charge in [-0.2, -0.15) is 4.98 Å². The van der Waals surface area contributed by atoms with E-state index in [1.165, 1.54) is 11.3 Å². The van der Waals surface area contributed by atoms with E-state index >= 15 is 0 Å². The summed E-state index contributed by atoms with van der Waals surface area (Å²) in [6, 6.07) is 7.42. The number of amides is 1. The van der Waals surface area contributed by atoms with Gasteiger partial charge in [-0.15, -0.1) is 11.3 Å². The number of nitrogens with one attached hydrogen (secondary N) is 2. The third-order valence-corrected chi connectivity index (χ3v) is 6.16. The van der Waals surface area contributed by atoms with Crippen LogP contribution in [-0.2, 0) is 11.3 Å². The molecule has 9 heteroatoms. The molecule has 30 heavy (non-hydrogen) atoms. The Balaban J connectivity index is 1.53. The summed E-state index contributed by atoms with van der Waals surface area (Å²) < 4.78 is 5.36. The van der Waals surface area contributed by atoms with E-state index in [2.05, 4.69) is 27.7 Å². The standard InChI is InChI=1S/C21H24Cl2N4O2S/c1-2-3-10-25-18(28)5-4-9-24-13-15-12-14(6-7-16(15)22)20-26-21(29-27-20)19-17(23)8-11-30-19/h6-8,11-12,24H,2-5,9-10,13H2,1H3,(H,25,28). The Morgan fingerprint density at radius 2 is 2.03 bits per heavy atom. The van der Waals surface area contributed by atoms with Gasteiger partial charge >= 0.3 is 0 Å². The first-order valence-corrected chi connectivity index (χ1v) is 11.5. The summed E-state index contributed by atoms with van der Waals surface area (Å²) in [5, 5.41) is 13.5. The number of aromatic nitrogens is 2. The van der Waals surface area contributed by atoms with Crippen molar-refractivity contribution in [2.24, 2.45) is 0 Å². The normalized spacial score (nSPS) is 11.0. The minimum absolute atomic E-state index is 0.101. The average Bonchev–Trinajstić information content (AvgIpc) is 3.38. The molecule has 0 radical (unpaired) electrons. The number of nitrogens with zero attached hydrogens (tertiary/aromatic N) is 2. The topological polar surface area (TPSA) is 80.0 Å². The van der Waals surface area contributed by atoms with E-state index in [0.717, 1.165) is 48.4 Å². The van der Waals surface area contributed by atoms with Crippen molar-refractivity contribution in [1.29, 1.82) is 0 Å². The number of unbranched alkanes of at least 4 members (excludes halogenated alkanes) is 1. The number of benzene rings is 1. The summed E-state index contributed by atoms with van der Waals surface area (Å²) in [4.78, 5) is 16.9. The van der Waals surface area contributed by atoms with Crippen LogP contribution < -0.4 is 10.6 Å². The predicted octanol–water partition coefficient (Wildman–Crippen LogP) is 5.56. The van der Waals surface area contributed by atoms with E-state index in [4.69, 9.17) is 27.7 Å². The lowest BCUT2D eigenvalue weighted by Gasteiger charge is -2.08. The van der Waals surface area contributed by atoms with Crippen LogP contribution in [0.3, 0.4) is 0 Å². The molecule has 0 saturated carbocycles. The molecule has 0 aliphatic carbocycles. The third kappa shape index (κ3) is 6.28. The Morgan fingerprint density at radius 1 is 1.17 bits per heavy atom. The van der Waals surface area contributed by atoms with Crippen molar-refractivity contribution < 1.29 is 9.32 Å². The Morgan fingerprint density at radius 3 is 2.80 bits per heavy atom. The van der Waals surface area contributed by atoms with Gasteiger partial charge in [0.05, 0.1) is 5.02 Å². The molecule has 2 N–H and O–H groups in total. The monoisotopic (exact) mass is 466 g/mol. The number of carbonyl (C=O) groups is 1. The summed E-state index contributed by atoms with van der Waals surface area (Å²) in [5.41, 5.74) is 1.75. The molecule has 0 saturated heterocycles. The van der Waals surface area contributed by atoms with Crippen LogP contribution in [0, 0.1) is 0 Å². The molecule has 0 aliphatic heterocycles. The second kappa shape index (κ2) is 11.5. The minimum Gasteiger partial charge on any atom is -0.356 e. The van der Waals surface area contributed by atoms with Crippen molar-refractivity contribution in [3.63, 3.8) is 0 Å². The van der Waals surface area contributed by atoms with Crippen LogP contribution in [0.15, 0.2) is 34.2 Å². The van der Waals surface area contributed by atoms with Crippen molar-refractivity contribution >= 4 is 40.4 Å². The van der Waals surface area contributed by atoms with Crippen molar-refractivity contribution in [3.8, 4) is 22.2 Å². The number of carbonyl (C=O) groups excluding carboxylic acids is 1. The SMILES string of the molecule is CCCCNC(=O)CCCNCc1cc(-c2noc(-c3sccc3Cl)n2)ccc1Cl. The zero-order chi connectivity index (χ0) is 21.3. The van der Waals surface area contributed by atoms with E-state index in [0.29, 0.717) is 34.7 Å². The number of halogens is 2. The molecule has 160 valence electrons. The van der Waals surface area contributed by atoms with Crippen LogP contribution in [0.4, 0.5) is 0 Å². The van der Waals surface area contributed by atoms with Gasteiger partial charge in [-0.3, -0.25) is 4.79 Å². The molecule has 0 spiro atoms. The van der Waals surface area contributed by atoms with Crippen molar-refractivity contribution in [1.82, 2.24) is 20.8 Å². The maximum absolute atomic E-state index is 11.7. The summed E-state index contributed by atoms with van der Waals surface area (Å²) in [5.74, 6) is 0.983. The minimum atomic E-state index is 0.101. The van der Waals surface area contributed by atoms with E-state index < -0.39 is 0 Å². The second-order valence-corrected chi connectivity index (χ2v) is 8.54. The van der Waals surface area contributed by atoms with Crippen molar-refractivity contribution in [2.75, 3.05) is 13.1 Å². The number of hydrogen-bond donors (Lipinski definition) is 2. The lowest BCUT2D eigenvalue weighted by Crippen LogP contribution is -2.25. The molecule has 1 aromatic carbocycles. The largest absolute Gasteiger partial charge is 0.356 e. The zero-order valence-corrected chi connectivity index (χ0v) is 19.0. The first-order valence-electron chi connectivity index (χ1n) is 9.91. The maximum atomic E-state index is 11.7. The van der Waals surface area contributed by atoms with E-state index in [1.54, 1.807) is 6.07 Å². The first kappa shape index (κ1) is 22.7. The van der Waals surface area contributed by atoms with Gasteiger partial charge in [0.15, 0.2) is 0 Å². The van der Waals surface area contributed by atoms with Gasteiger partial charge in [0.2, 0.25) is 11.7 Å². The van der Waals surface area contributed by atoms with E-state index in [9.17, 15) is 4.79 Å². The fraction of sp³-hybridized carbons (Fsp3) is 0.381. The summed E-state index contributed by atoms with van der Waals surface area (Å²) in [6.07, 6.45) is 3.38. The molecule has 0 unspecified atom stereocenters. The van der Waals surface area contributed by atoms with Gasteiger partial charge in [-0.1, -0.05) is 41.7 Å². The molecular formula is C21H24Cl2N4O2S. The molecule has 6 nitrogen and oxygen atoms in total. The van der Waals surface area contributed by atoms with Gasteiger partial charge < -0.3 is 15.2 Å². The lowest BCUT2D eigenvalue weighted by molar-refractivity contribution is -0.121. The molecule has 2 heterocycles. The third-order valence-electron chi connectivity index (χ3n) is 4.47.